The summed E-state index contributed by atoms with van der Waals surface area (Å²) in [6.45, 7) is 1.53. The first-order valence-corrected chi connectivity index (χ1v) is 5.61. The van der Waals surface area contributed by atoms with Gasteiger partial charge in [0.2, 0.25) is 0 Å². The average Bonchev–Trinajstić information content (AvgIpc) is 2.59. The number of rotatable bonds is 2. The molecule has 0 aliphatic carbocycles. The third-order valence-corrected chi connectivity index (χ3v) is 3.05. The molecule has 17 heavy (non-hydrogen) atoms. The van der Waals surface area contributed by atoms with Crippen LogP contribution >= 0.6 is 15.9 Å². The number of hydrogen-bond acceptors (Lipinski definition) is 4. The van der Waals surface area contributed by atoms with Crippen molar-refractivity contribution in [2.24, 2.45) is 7.05 Å². The molecule has 0 aromatic carbocycles. The maximum Gasteiger partial charge on any atom is 0.154 e. The van der Waals surface area contributed by atoms with Gasteiger partial charge in [0.1, 0.15) is 17.1 Å². The minimum Gasteiger partial charge on any atom is -0.379 e. The zero-order valence-corrected chi connectivity index (χ0v) is 10.8. The quantitative estimate of drug-likeness (QED) is 0.910. The lowest BCUT2D eigenvalue weighted by atomic mass is 9.94. The van der Waals surface area contributed by atoms with Crippen LogP contribution in [0.15, 0.2) is 23.1 Å². The van der Waals surface area contributed by atoms with Crippen molar-refractivity contribution >= 4 is 15.9 Å². The van der Waals surface area contributed by atoms with Crippen LogP contribution in [-0.4, -0.2) is 25.1 Å². The monoisotopic (exact) mass is 300 g/mol. The minimum atomic E-state index is -1.42. The topological polar surface area (TPSA) is 63.8 Å². The number of pyridine rings is 1. The van der Waals surface area contributed by atoms with Gasteiger partial charge in [-0.2, -0.15) is 0 Å². The van der Waals surface area contributed by atoms with E-state index < -0.39 is 11.4 Å². The van der Waals surface area contributed by atoms with Crippen LogP contribution in [0.3, 0.4) is 0 Å². The molecule has 0 spiro atoms. The molecule has 2 heterocycles. The Bertz CT molecular complexity index is 535. The molecule has 90 valence electrons. The Balaban J connectivity index is 2.57. The fraction of sp³-hybridized carbons (Fsp3) is 0.300. The van der Waals surface area contributed by atoms with Gasteiger partial charge in [-0.3, -0.25) is 4.98 Å². The summed E-state index contributed by atoms with van der Waals surface area (Å²) in [6.07, 6.45) is 2.48. The van der Waals surface area contributed by atoms with Crippen LogP contribution in [0, 0.1) is 5.82 Å². The molecule has 0 fully saturated rings. The van der Waals surface area contributed by atoms with Crippen LogP contribution in [0.5, 0.6) is 0 Å². The minimum absolute atomic E-state index is 0.337. The molecule has 1 unspecified atom stereocenters. The number of halogens is 2. The molecule has 5 nitrogen and oxygen atoms in total. The zero-order chi connectivity index (χ0) is 12.6. The van der Waals surface area contributed by atoms with Gasteiger partial charge in [-0.1, -0.05) is 5.21 Å². The van der Waals surface area contributed by atoms with Crippen molar-refractivity contribution in [3.63, 3.8) is 0 Å². The van der Waals surface area contributed by atoms with Gasteiger partial charge in [-0.25, -0.2) is 9.07 Å². The summed E-state index contributed by atoms with van der Waals surface area (Å²) in [6, 6.07) is 1.23. The molecule has 0 aliphatic rings. The summed E-state index contributed by atoms with van der Waals surface area (Å²) in [5.41, 5.74) is -0.653. The largest absolute Gasteiger partial charge is 0.379 e. The van der Waals surface area contributed by atoms with Crippen molar-refractivity contribution in [1.29, 1.82) is 0 Å². The molecule has 2 aromatic rings. The van der Waals surface area contributed by atoms with E-state index in [1.54, 1.807) is 7.05 Å². The molecule has 1 atom stereocenters. The highest BCUT2D eigenvalue weighted by Crippen LogP contribution is 2.32. The standard InChI is InChI=1S/C10H10BrFN4O/c1-10(17,6-3-7(12)5-13-4-6)8-9(11)14-15-16(8)2/h3-5,17H,1-2H3. The van der Waals surface area contributed by atoms with Gasteiger partial charge in [0, 0.05) is 18.8 Å². The molecule has 0 radical (unpaired) electrons. The molecule has 0 saturated heterocycles. The Morgan fingerprint density at radius 3 is 2.71 bits per heavy atom. The van der Waals surface area contributed by atoms with Crippen LogP contribution in [0.1, 0.15) is 18.2 Å². The highest BCUT2D eigenvalue weighted by molar-refractivity contribution is 9.10. The molecular weight excluding hydrogens is 291 g/mol. The number of nitrogens with zero attached hydrogens (tertiary/aromatic N) is 4. The van der Waals surface area contributed by atoms with E-state index >= 15 is 0 Å². The molecule has 7 heteroatoms. The number of aliphatic hydroxyl groups is 1. The van der Waals surface area contributed by atoms with E-state index in [9.17, 15) is 9.50 Å². The van der Waals surface area contributed by atoms with Gasteiger partial charge >= 0.3 is 0 Å². The molecule has 0 aliphatic heterocycles. The maximum atomic E-state index is 13.1. The van der Waals surface area contributed by atoms with E-state index in [2.05, 4.69) is 31.2 Å². The smallest absolute Gasteiger partial charge is 0.154 e. The fourth-order valence-corrected chi connectivity index (χ4v) is 2.38. The van der Waals surface area contributed by atoms with Crippen LogP contribution in [0.4, 0.5) is 4.39 Å². The first kappa shape index (κ1) is 12.1. The van der Waals surface area contributed by atoms with Crippen molar-refractivity contribution < 1.29 is 9.50 Å². The van der Waals surface area contributed by atoms with E-state index in [-0.39, 0.29) is 0 Å². The van der Waals surface area contributed by atoms with Crippen molar-refractivity contribution in [3.8, 4) is 0 Å². The maximum absolute atomic E-state index is 13.1. The van der Waals surface area contributed by atoms with Crippen molar-refractivity contribution in [3.05, 3.63) is 40.1 Å². The summed E-state index contributed by atoms with van der Waals surface area (Å²) in [5.74, 6) is -0.506. The second-order valence-electron chi connectivity index (χ2n) is 3.82. The first-order valence-electron chi connectivity index (χ1n) is 4.82. The molecule has 2 rings (SSSR count). The Labute approximate surface area is 105 Å². The van der Waals surface area contributed by atoms with Crippen LogP contribution in [0.2, 0.25) is 0 Å². The summed E-state index contributed by atoms with van der Waals surface area (Å²) in [7, 11) is 1.65. The van der Waals surface area contributed by atoms with E-state index in [4.69, 9.17) is 0 Å². The van der Waals surface area contributed by atoms with Crippen molar-refractivity contribution in [1.82, 2.24) is 20.0 Å². The normalized spacial score (nSPS) is 14.6. The van der Waals surface area contributed by atoms with Gasteiger partial charge < -0.3 is 5.11 Å². The van der Waals surface area contributed by atoms with Crippen LogP contribution in [0.25, 0.3) is 0 Å². The van der Waals surface area contributed by atoms with E-state index in [0.717, 1.165) is 6.20 Å². The number of aromatic nitrogens is 4. The zero-order valence-electron chi connectivity index (χ0n) is 9.22. The van der Waals surface area contributed by atoms with Gasteiger partial charge in [0.05, 0.1) is 6.20 Å². The SMILES string of the molecule is Cn1nnc(Br)c1C(C)(O)c1cncc(F)c1. The summed E-state index contributed by atoms with van der Waals surface area (Å²) < 4.78 is 15.0. The lowest BCUT2D eigenvalue weighted by Crippen LogP contribution is -2.27. The lowest BCUT2D eigenvalue weighted by molar-refractivity contribution is 0.0913. The van der Waals surface area contributed by atoms with E-state index in [1.165, 1.54) is 23.9 Å². The summed E-state index contributed by atoms with van der Waals surface area (Å²) >= 11 is 3.20. The Hall–Kier alpha value is -1.34. The van der Waals surface area contributed by atoms with Crippen molar-refractivity contribution in [2.75, 3.05) is 0 Å². The Kier molecular flexibility index (Phi) is 2.96. The highest BCUT2D eigenvalue weighted by Gasteiger charge is 2.33. The predicted octanol–water partition coefficient (Wildman–Crippen LogP) is 1.37. The molecule has 0 bridgehead atoms. The second kappa shape index (κ2) is 4.15. The Morgan fingerprint density at radius 2 is 2.18 bits per heavy atom. The second-order valence-corrected chi connectivity index (χ2v) is 4.57. The number of aryl methyl sites for hydroxylation is 1. The van der Waals surface area contributed by atoms with Crippen LogP contribution in [-0.2, 0) is 12.6 Å². The molecular formula is C10H10BrFN4O. The predicted molar refractivity (Wildman–Crippen MR) is 61.6 cm³/mol. The van der Waals surface area contributed by atoms with Crippen LogP contribution < -0.4 is 0 Å². The molecule has 0 amide bonds. The van der Waals surface area contributed by atoms with E-state index in [1.807, 2.05) is 0 Å². The number of hydrogen-bond donors (Lipinski definition) is 1. The van der Waals surface area contributed by atoms with Gasteiger partial charge in [0.25, 0.3) is 0 Å². The first-order chi connectivity index (χ1) is 7.93. The molecule has 0 saturated carbocycles. The fourth-order valence-electron chi connectivity index (χ4n) is 1.66. The summed E-state index contributed by atoms with van der Waals surface area (Å²) in [4.78, 5) is 3.72. The molecule has 1 N–H and O–H groups in total. The molecule has 2 aromatic heterocycles. The van der Waals surface area contributed by atoms with Gasteiger partial charge in [0.15, 0.2) is 4.60 Å². The van der Waals surface area contributed by atoms with Gasteiger partial charge in [-0.15, -0.1) is 5.10 Å². The average molecular weight is 301 g/mol. The third kappa shape index (κ3) is 2.07. The lowest BCUT2D eigenvalue weighted by Gasteiger charge is -2.23. The van der Waals surface area contributed by atoms with Crippen molar-refractivity contribution in [2.45, 2.75) is 12.5 Å². The highest BCUT2D eigenvalue weighted by atomic mass is 79.9. The summed E-state index contributed by atoms with van der Waals surface area (Å²) in [5, 5.41) is 18.1. The third-order valence-electron chi connectivity index (χ3n) is 2.51. The Morgan fingerprint density at radius 1 is 1.47 bits per heavy atom. The van der Waals surface area contributed by atoms with E-state index in [0.29, 0.717) is 15.9 Å². The van der Waals surface area contributed by atoms with Gasteiger partial charge in [-0.05, 0) is 28.9 Å².